The summed E-state index contributed by atoms with van der Waals surface area (Å²) in [7, 11) is 1.49. The SMILES string of the molecule is COc1cc(C(C)=O)ccc1OCC(=O)NC(C)c1ccccc1. The van der Waals surface area contributed by atoms with Gasteiger partial charge in [-0.15, -0.1) is 0 Å². The molecule has 0 aliphatic carbocycles. The van der Waals surface area contributed by atoms with Crippen LogP contribution in [0.15, 0.2) is 48.5 Å². The zero-order chi connectivity index (χ0) is 17.5. The Morgan fingerprint density at radius 2 is 1.79 bits per heavy atom. The summed E-state index contributed by atoms with van der Waals surface area (Å²) in [6.07, 6.45) is 0. The van der Waals surface area contributed by atoms with Gasteiger partial charge in [-0.3, -0.25) is 9.59 Å². The highest BCUT2D eigenvalue weighted by atomic mass is 16.5. The Labute approximate surface area is 141 Å². The normalized spacial score (nSPS) is 11.5. The van der Waals surface area contributed by atoms with Gasteiger partial charge >= 0.3 is 0 Å². The minimum Gasteiger partial charge on any atom is -0.493 e. The smallest absolute Gasteiger partial charge is 0.258 e. The summed E-state index contributed by atoms with van der Waals surface area (Å²) in [5.74, 6) is 0.551. The summed E-state index contributed by atoms with van der Waals surface area (Å²) in [4.78, 5) is 23.4. The van der Waals surface area contributed by atoms with Crippen LogP contribution in [0.4, 0.5) is 0 Å². The van der Waals surface area contributed by atoms with Gasteiger partial charge in [-0.1, -0.05) is 30.3 Å². The Morgan fingerprint density at radius 1 is 1.08 bits per heavy atom. The Bertz CT molecular complexity index is 713. The van der Waals surface area contributed by atoms with Crippen LogP contribution in [0.1, 0.15) is 35.8 Å². The Kier molecular flexibility index (Phi) is 5.95. The first-order valence-corrected chi connectivity index (χ1v) is 7.67. The van der Waals surface area contributed by atoms with Gasteiger partial charge in [0.05, 0.1) is 13.2 Å². The van der Waals surface area contributed by atoms with E-state index in [1.165, 1.54) is 14.0 Å². The van der Waals surface area contributed by atoms with E-state index in [9.17, 15) is 9.59 Å². The van der Waals surface area contributed by atoms with E-state index < -0.39 is 0 Å². The van der Waals surface area contributed by atoms with Crippen molar-refractivity contribution in [2.75, 3.05) is 13.7 Å². The number of Topliss-reactive ketones (excluding diaryl/α,β-unsaturated/α-hetero) is 1. The van der Waals surface area contributed by atoms with Gasteiger partial charge in [0.1, 0.15) is 0 Å². The molecule has 1 amide bonds. The molecule has 0 fully saturated rings. The van der Waals surface area contributed by atoms with Gasteiger partial charge in [-0.25, -0.2) is 0 Å². The molecule has 2 aromatic rings. The van der Waals surface area contributed by atoms with E-state index >= 15 is 0 Å². The quantitative estimate of drug-likeness (QED) is 0.794. The van der Waals surface area contributed by atoms with Crippen molar-refractivity contribution in [3.05, 3.63) is 59.7 Å². The molecule has 5 nitrogen and oxygen atoms in total. The van der Waals surface area contributed by atoms with E-state index in [4.69, 9.17) is 9.47 Å². The number of hydrogen-bond acceptors (Lipinski definition) is 4. The first-order valence-electron chi connectivity index (χ1n) is 7.67. The molecule has 0 aromatic heterocycles. The number of amides is 1. The third-order valence-electron chi connectivity index (χ3n) is 3.61. The summed E-state index contributed by atoms with van der Waals surface area (Å²) >= 11 is 0. The number of rotatable bonds is 7. The lowest BCUT2D eigenvalue weighted by Crippen LogP contribution is -2.31. The molecule has 0 aliphatic heterocycles. The fourth-order valence-electron chi connectivity index (χ4n) is 2.26. The summed E-state index contributed by atoms with van der Waals surface area (Å²) in [6.45, 7) is 3.26. The predicted octanol–water partition coefficient (Wildman–Crippen LogP) is 3.15. The van der Waals surface area contributed by atoms with Crippen LogP contribution in [0.25, 0.3) is 0 Å². The lowest BCUT2D eigenvalue weighted by atomic mass is 10.1. The highest BCUT2D eigenvalue weighted by Gasteiger charge is 2.12. The average molecular weight is 327 g/mol. The topological polar surface area (TPSA) is 64.6 Å². The first kappa shape index (κ1) is 17.5. The molecule has 0 aliphatic rings. The standard InChI is InChI=1S/C19H21NO4/c1-13(15-7-5-4-6-8-15)20-19(22)12-24-17-10-9-16(14(2)21)11-18(17)23-3/h4-11,13H,12H2,1-3H3,(H,20,22). The van der Waals surface area contributed by atoms with Gasteiger partial charge < -0.3 is 14.8 Å². The largest absolute Gasteiger partial charge is 0.493 e. The fraction of sp³-hybridized carbons (Fsp3) is 0.263. The molecular weight excluding hydrogens is 306 g/mol. The van der Waals surface area contributed by atoms with Crippen molar-refractivity contribution in [1.29, 1.82) is 0 Å². The number of benzene rings is 2. The Hall–Kier alpha value is -2.82. The molecular formula is C19H21NO4. The Balaban J connectivity index is 1.95. The lowest BCUT2D eigenvalue weighted by molar-refractivity contribution is -0.123. The maximum atomic E-state index is 12.0. The molecule has 1 atom stereocenters. The van der Waals surface area contributed by atoms with Crippen LogP contribution < -0.4 is 14.8 Å². The number of methoxy groups -OCH3 is 1. The molecule has 5 heteroatoms. The number of carbonyl (C=O) groups excluding carboxylic acids is 2. The average Bonchev–Trinajstić information content (AvgIpc) is 2.60. The molecule has 126 valence electrons. The zero-order valence-electron chi connectivity index (χ0n) is 14.0. The monoisotopic (exact) mass is 327 g/mol. The molecule has 0 bridgehead atoms. The molecule has 0 radical (unpaired) electrons. The van der Waals surface area contributed by atoms with Crippen LogP contribution in [0.5, 0.6) is 11.5 Å². The summed E-state index contributed by atoms with van der Waals surface area (Å²) in [5.41, 5.74) is 1.55. The van der Waals surface area contributed by atoms with Crippen LogP contribution >= 0.6 is 0 Å². The number of nitrogens with one attached hydrogen (secondary N) is 1. The number of ether oxygens (including phenoxy) is 2. The second-order valence-corrected chi connectivity index (χ2v) is 5.41. The van der Waals surface area contributed by atoms with E-state index in [2.05, 4.69) is 5.32 Å². The van der Waals surface area contributed by atoms with Crippen LogP contribution in [0.2, 0.25) is 0 Å². The second kappa shape index (κ2) is 8.15. The second-order valence-electron chi connectivity index (χ2n) is 5.41. The van der Waals surface area contributed by atoms with Crippen molar-refractivity contribution >= 4 is 11.7 Å². The third kappa shape index (κ3) is 4.59. The van der Waals surface area contributed by atoms with Gasteiger partial charge in [0.25, 0.3) is 5.91 Å². The lowest BCUT2D eigenvalue weighted by Gasteiger charge is -2.15. The molecule has 0 spiro atoms. The highest BCUT2D eigenvalue weighted by molar-refractivity contribution is 5.94. The van der Waals surface area contributed by atoms with Crippen molar-refractivity contribution < 1.29 is 19.1 Å². The van der Waals surface area contributed by atoms with E-state index in [0.29, 0.717) is 17.1 Å². The maximum absolute atomic E-state index is 12.0. The van der Waals surface area contributed by atoms with E-state index in [-0.39, 0.29) is 24.3 Å². The molecule has 0 saturated carbocycles. The van der Waals surface area contributed by atoms with Crippen LogP contribution in [-0.4, -0.2) is 25.4 Å². The van der Waals surface area contributed by atoms with Gasteiger partial charge in [0.2, 0.25) is 0 Å². The minimum absolute atomic E-state index is 0.0609. The third-order valence-corrected chi connectivity index (χ3v) is 3.61. The molecule has 1 N–H and O–H groups in total. The van der Waals surface area contributed by atoms with Crippen molar-refractivity contribution in [1.82, 2.24) is 5.32 Å². The van der Waals surface area contributed by atoms with Gasteiger partial charge in [0, 0.05) is 5.56 Å². The minimum atomic E-state index is -0.232. The van der Waals surface area contributed by atoms with Crippen molar-refractivity contribution in [3.8, 4) is 11.5 Å². The number of ketones is 1. The first-order chi connectivity index (χ1) is 11.5. The summed E-state index contributed by atoms with van der Waals surface area (Å²) in [6, 6.07) is 14.5. The summed E-state index contributed by atoms with van der Waals surface area (Å²) < 4.78 is 10.7. The Morgan fingerprint density at radius 3 is 2.42 bits per heavy atom. The fourth-order valence-corrected chi connectivity index (χ4v) is 2.26. The van der Waals surface area contributed by atoms with Crippen molar-refractivity contribution in [2.24, 2.45) is 0 Å². The van der Waals surface area contributed by atoms with Crippen LogP contribution in [0.3, 0.4) is 0 Å². The molecule has 2 rings (SSSR count). The predicted molar refractivity (Wildman–Crippen MR) is 91.5 cm³/mol. The van der Waals surface area contributed by atoms with Gasteiger partial charge in [0.15, 0.2) is 23.9 Å². The highest BCUT2D eigenvalue weighted by Crippen LogP contribution is 2.28. The van der Waals surface area contributed by atoms with Crippen molar-refractivity contribution in [2.45, 2.75) is 19.9 Å². The van der Waals surface area contributed by atoms with E-state index in [0.717, 1.165) is 5.56 Å². The van der Waals surface area contributed by atoms with Crippen LogP contribution in [0, 0.1) is 0 Å². The maximum Gasteiger partial charge on any atom is 0.258 e. The van der Waals surface area contributed by atoms with Gasteiger partial charge in [-0.2, -0.15) is 0 Å². The molecule has 0 saturated heterocycles. The number of carbonyl (C=O) groups is 2. The molecule has 2 aromatic carbocycles. The summed E-state index contributed by atoms with van der Waals surface area (Å²) in [5, 5.41) is 2.87. The molecule has 0 heterocycles. The van der Waals surface area contributed by atoms with Crippen molar-refractivity contribution in [3.63, 3.8) is 0 Å². The van der Waals surface area contributed by atoms with E-state index in [1.807, 2.05) is 37.3 Å². The van der Waals surface area contributed by atoms with Gasteiger partial charge in [-0.05, 0) is 37.6 Å². The zero-order valence-corrected chi connectivity index (χ0v) is 14.0. The molecule has 1 unspecified atom stereocenters. The van der Waals surface area contributed by atoms with Crippen LogP contribution in [-0.2, 0) is 4.79 Å². The van der Waals surface area contributed by atoms with E-state index in [1.54, 1.807) is 18.2 Å². The molecule has 24 heavy (non-hydrogen) atoms. The number of hydrogen-bond donors (Lipinski definition) is 1.